The van der Waals surface area contributed by atoms with Crippen molar-refractivity contribution in [3.8, 4) is 0 Å². The molecule has 0 spiro atoms. The molecule has 0 amide bonds. The predicted octanol–water partition coefficient (Wildman–Crippen LogP) is 3.80. The van der Waals surface area contributed by atoms with Gasteiger partial charge in [-0.1, -0.05) is 24.3 Å². The van der Waals surface area contributed by atoms with Gasteiger partial charge in [0, 0.05) is 29.8 Å². The van der Waals surface area contributed by atoms with Crippen LogP contribution in [0.4, 0.5) is 5.69 Å². The number of aliphatic imine (C=N–C) groups is 1. The fraction of sp³-hybridized carbons (Fsp3) is 0.190. The van der Waals surface area contributed by atoms with E-state index in [1.54, 1.807) is 23.5 Å². The van der Waals surface area contributed by atoms with Gasteiger partial charge in [-0.25, -0.2) is 4.99 Å². The van der Waals surface area contributed by atoms with Crippen molar-refractivity contribution in [1.29, 1.82) is 0 Å². The zero-order valence-corrected chi connectivity index (χ0v) is 20.2. The summed E-state index contributed by atoms with van der Waals surface area (Å²) in [7, 11) is 0. The summed E-state index contributed by atoms with van der Waals surface area (Å²) >= 11 is 1.72. The van der Waals surface area contributed by atoms with Gasteiger partial charge < -0.3 is 10.6 Å². The molecule has 0 radical (unpaired) electrons. The van der Waals surface area contributed by atoms with E-state index in [0.717, 1.165) is 30.0 Å². The molecule has 0 atom stereocenters. The number of thiophene rings is 1. The smallest absolute Gasteiger partial charge is 0.269 e. The van der Waals surface area contributed by atoms with Crippen LogP contribution in [-0.2, 0) is 19.5 Å². The van der Waals surface area contributed by atoms with Crippen LogP contribution in [0.15, 0.2) is 71.2 Å². The number of benzene rings is 1. The molecule has 0 unspecified atom stereocenters. The van der Waals surface area contributed by atoms with Crippen molar-refractivity contribution in [3.63, 3.8) is 0 Å². The summed E-state index contributed by atoms with van der Waals surface area (Å²) in [5.74, 6) is 1.42. The molecule has 166 valence electrons. The first kappa shape index (κ1) is 23.6. The van der Waals surface area contributed by atoms with E-state index < -0.39 is 4.92 Å². The van der Waals surface area contributed by atoms with Crippen LogP contribution >= 0.6 is 35.3 Å². The lowest BCUT2D eigenvalue weighted by molar-refractivity contribution is -0.384. The number of rotatable bonds is 8. The number of pyridine rings is 1. The Kier molecular flexibility index (Phi) is 8.50. The van der Waals surface area contributed by atoms with Crippen LogP contribution in [0, 0.1) is 10.1 Å². The molecule has 0 aliphatic rings. The van der Waals surface area contributed by atoms with Crippen LogP contribution < -0.4 is 10.6 Å². The number of non-ortho nitro benzene ring substituents is 1. The molecular weight excluding hydrogens is 541 g/mol. The summed E-state index contributed by atoms with van der Waals surface area (Å²) < 4.78 is 1.92. The van der Waals surface area contributed by atoms with Crippen molar-refractivity contribution in [2.45, 2.75) is 19.5 Å². The van der Waals surface area contributed by atoms with Crippen LogP contribution in [0.25, 0.3) is 5.65 Å². The van der Waals surface area contributed by atoms with Gasteiger partial charge in [0.05, 0.1) is 18.0 Å². The molecule has 0 saturated heterocycles. The Morgan fingerprint density at radius 2 is 1.94 bits per heavy atom. The average Bonchev–Trinajstić information content (AvgIpc) is 3.45. The van der Waals surface area contributed by atoms with Gasteiger partial charge in [0.25, 0.3) is 5.69 Å². The molecule has 0 aliphatic carbocycles. The SMILES string of the molecule is I.O=[N+]([O-])c1ccc(CN=C(NCCc2cccs2)NCc2nnc3ccccn23)cc1. The van der Waals surface area contributed by atoms with Crippen molar-refractivity contribution in [2.75, 3.05) is 6.54 Å². The summed E-state index contributed by atoms with van der Waals surface area (Å²) in [4.78, 5) is 16.4. The second-order valence-electron chi connectivity index (χ2n) is 6.74. The minimum Gasteiger partial charge on any atom is -0.356 e. The number of aromatic nitrogens is 3. The Bertz CT molecular complexity index is 1180. The molecule has 9 nitrogen and oxygen atoms in total. The molecular formula is C21H22IN7O2S. The van der Waals surface area contributed by atoms with Gasteiger partial charge in [-0.2, -0.15) is 0 Å². The van der Waals surface area contributed by atoms with Gasteiger partial charge in [-0.05, 0) is 35.6 Å². The van der Waals surface area contributed by atoms with E-state index in [1.165, 1.54) is 17.0 Å². The van der Waals surface area contributed by atoms with Crippen molar-refractivity contribution in [3.05, 3.63) is 92.6 Å². The predicted molar refractivity (Wildman–Crippen MR) is 136 cm³/mol. The van der Waals surface area contributed by atoms with E-state index in [2.05, 4.69) is 37.3 Å². The van der Waals surface area contributed by atoms with Gasteiger partial charge in [0.15, 0.2) is 17.4 Å². The zero-order chi connectivity index (χ0) is 21.5. The normalized spacial score (nSPS) is 11.2. The molecule has 3 aromatic heterocycles. The molecule has 3 heterocycles. The number of halogens is 1. The number of nitrogens with one attached hydrogen (secondary N) is 2. The summed E-state index contributed by atoms with van der Waals surface area (Å²) in [6.07, 6.45) is 2.81. The van der Waals surface area contributed by atoms with Crippen molar-refractivity contribution < 1.29 is 4.92 Å². The molecule has 0 fully saturated rings. The Hall–Kier alpha value is -3.06. The second-order valence-corrected chi connectivity index (χ2v) is 7.78. The molecule has 2 N–H and O–H groups in total. The van der Waals surface area contributed by atoms with Crippen molar-refractivity contribution >= 4 is 52.6 Å². The maximum Gasteiger partial charge on any atom is 0.269 e. The molecule has 0 bridgehead atoms. The summed E-state index contributed by atoms with van der Waals surface area (Å²) in [5, 5.41) is 28.0. The molecule has 11 heteroatoms. The first-order valence-electron chi connectivity index (χ1n) is 9.75. The summed E-state index contributed by atoms with van der Waals surface area (Å²) in [6.45, 7) is 1.58. The van der Waals surface area contributed by atoms with Gasteiger partial charge >= 0.3 is 0 Å². The van der Waals surface area contributed by atoms with E-state index in [0.29, 0.717) is 19.0 Å². The fourth-order valence-corrected chi connectivity index (χ4v) is 3.71. The highest BCUT2D eigenvalue weighted by atomic mass is 127. The Labute approximate surface area is 205 Å². The number of guanidine groups is 1. The van der Waals surface area contributed by atoms with Gasteiger partial charge in [0.2, 0.25) is 0 Å². The average molecular weight is 563 g/mol. The standard InChI is InChI=1S/C21H21N7O2S.HI/c29-28(30)17-8-6-16(7-9-17)14-23-21(22-11-10-18-4-3-13-31-18)24-15-20-26-25-19-5-1-2-12-27(19)20;/h1-9,12-13H,10-11,14-15H2,(H2,22,23,24);1H. The highest BCUT2D eigenvalue weighted by molar-refractivity contribution is 14.0. The lowest BCUT2D eigenvalue weighted by Crippen LogP contribution is -2.38. The van der Waals surface area contributed by atoms with E-state index in [4.69, 9.17) is 0 Å². The molecule has 4 rings (SSSR count). The lowest BCUT2D eigenvalue weighted by atomic mass is 10.2. The highest BCUT2D eigenvalue weighted by Gasteiger charge is 2.07. The number of hydrogen-bond acceptors (Lipinski definition) is 6. The first-order valence-corrected chi connectivity index (χ1v) is 10.6. The number of hydrogen-bond donors (Lipinski definition) is 2. The number of nitro benzene ring substituents is 1. The lowest BCUT2D eigenvalue weighted by Gasteiger charge is -2.12. The largest absolute Gasteiger partial charge is 0.356 e. The van der Waals surface area contributed by atoms with E-state index in [1.807, 2.05) is 34.9 Å². The molecule has 0 saturated carbocycles. The van der Waals surface area contributed by atoms with Crippen LogP contribution in [0.5, 0.6) is 0 Å². The third kappa shape index (κ3) is 6.23. The maximum absolute atomic E-state index is 10.8. The molecule has 1 aromatic carbocycles. The molecule has 4 aromatic rings. The summed E-state index contributed by atoms with van der Waals surface area (Å²) in [5.41, 5.74) is 1.74. The fourth-order valence-electron chi connectivity index (χ4n) is 3.00. The van der Waals surface area contributed by atoms with Crippen molar-refractivity contribution in [1.82, 2.24) is 25.2 Å². The van der Waals surface area contributed by atoms with Crippen LogP contribution in [0.1, 0.15) is 16.3 Å². The first-order chi connectivity index (χ1) is 15.2. The minimum absolute atomic E-state index is 0. The van der Waals surface area contributed by atoms with E-state index >= 15 is 0 Å². The van der Waals surface area contributed by atoms with Crippen LogP contribution in [-0.4, -0.2) is 32.0 Å². The topological polar surface area (TPSA) is 110 Å². The van der Waals surface area contributed by atoms with Crippen molar-refractivity contribution in [2.24, 2.45) is 4.99 Å². The Balaban J connectivity index is 0.00000289. The van der Waals surface area contributed by atoms with Crippen LogP contribution in [0.2, 0.25) is 0 Å². The highest BCUT2D eigenvalue weighted by Crippen LogP contribution is 2.12. The Morgan fingerprint density at radius 1 is 1.09 bits per heavy atom. The number of nitro groups is 1. The maximum atomic E-state index is 10.8. The zero-order valence-electron chi connectivity index (χ0n) is 17.0. The van der Waals surface area contributed by atoms with Crippen LogP contribution in [0.3, 0.4) is 0 Å². The third-order valence-electron chi connectivity index (χ3n) is 4.61. The van der Waals surface area contributed by atoms with Gasteiger partial charge in [-0.15, -0.1) is 45.5 Å². The van der Waals surface area contributed by atoms with E-state index in [9.17, 15) is 10.1 Å². The molecule has 32 heavy (non-hydrogen) atoms. The van der Waals surface area contributed by atoms with Gasteiger partial charge in [0.1, 0.15) is 0 Å². The number of nitrogens with zero attached hydrogens (tertiary/aromatic N) is 5. The Morgan fingerprint density at radius 3 is 2.69 bits per heavy atom. The van der Waals surface area contributed by atoms with E-state index in [-0.39, 0.29) is 29.7 Å². The molecule has 0 aliphatic heterocycles. The van der Waals surface area contributed by atoms with Gasteiger partial charge in [-0.3, -0.25) is 14.5 Å². The summed E-state index contributed by atoms with van der Waals surface area (Å²) in [6, 6.07) is 16.3. The third-order valence-corrected chi connectivity index (χ3v) is 5.55. The quantitative estimate of drug-likeness (QED) is 0.111. The second kappa shape index (κ2) is 11.5. The monoisotopic (exact) mass is 563 g/mol. The number of fused-ring (bicyclic) bond motifs is 1. The minimum atomic E-state index is -0.408.